The summed E-state index contributed by atoms with van der Waals surface area (Å²) < 4.78 is 5.08. The number of rotatable bonds is 6. The van der Waals surface area contributed by atoms with Gasteiger partial charge < -0.3 is 25.7 Å². The van der Waals surface area contributed by atoms with Crippen LogP contribution in [0.4, 0.5) is 16.2 Å². The minimum atomic E-state index is -0.453. The predicted octanol–water partition coefficient (Wildman–Crippen LogP) is 4.38. The van der Waals surface area contributed by atoms with Gasteiger partial charge in [0.05, 0.1) is 17.5 Å². The van der Waals surface area contributed by atoms with E-state index in [1.54, 1.807) is 54.6 Å². The van der Waals surface area contributed by atoms with Crippen molar-refractivity contribution in [1.29, 1.82) is 0 Å². The zero-order valence-corrected chi connectivity index (χ0v) is 18.2. The average Bonchev–Trinajstić information content (AvgIpc) is 3.27. The first-order valence-electron chi connectivity index (χ1n) is 10.1. The maximum absolute atomic E-state index is 12.5. The van der Waals surface area contributed by atoms with Crippen LogP contribution in [-0.4, -0.2) is 23.4 Å². The van der Waals surface area contributed by atoms with Crippen LogP contribution in [0.1, 0.15) is 47.2 Å². The van der Waals surface area contributed by atoms with Gasteiger partial charge in [-0.15, -0.1) is 0 Å². The Morgan fingerprint density at radius 3 is 2.38 bits per heavy atom. The standard InChI is InChI=1S/C24H26N4O4/c1-24(2,3)28-21(29)18-10-4-5-11-19(18)27-23(31)25-15-16-8-6-9-17(14-16)26-22(30)20-12-7-13-32-20/h4-14H,15H2,1-3H3,(H,26,30)(H,28,29)(H2,25,27,31). The average molecular weight is 434 g/mol. The first-order chi connectivity index (χ1) is 15.2. The van der Waals surface area contributed by atoms with E-state index in [0.717, 1.165) is 5.56 Å². The lowest BCUT2D eigenvalue weighted by Gasteiger charge is -2.21. The summed E-state index contributed by atoms with van der Waals surface area (Å²) in [6, 6.07) is 16.7. The van der Waals surface area contributed by atoms with Crippen molar-refractivity contribution in [2.45, 2.75) is 32.9 Å². The quantitative estimate of drug-likeness (QED) is 0.461. The number of urea groups is 1. The van der Waals surface area contributed by atoms with Crippen molar-refractivity contribution in [3.63, 3.8) is 0 Å². The second-order valence-electron chi connectivity index (χ2n) is 8.19. The predicted molar refractivity (Wildman–Crippen MR) is 123 cm³/mol. The van der Waals surface area contributed by atoms with E-state index < -0.39 is 11.6 Å². The Hall–Kier alpha value is -4.07. The second kappa shape index (κ2) is 9.82. The highest BCUT2D eigenvalue weighted by Crippen LogP contribution is 2.17. The first-order valence-corrected chi connectivity index (χ1v) is 10.1. The Kier molecular flexibility index (Phi) is 6.94. The van der Waals surface area contributed by atoms with Gasteiger partial charge in [-0.1, -0.05) is 24.3 Å². The van der Waals surface area contributed by atoms with Gasteiger partial charge in [-0.05, 0) is 62.7 Å². The lowest BCUT2D eigenvalue weighted by Crippen LogP contribution is -2.41. The molecular formula is C24H26N4O4. The van der Waals surface area contributed by atoms with Crippen molar-refractivity contribution in [3.05, 3.63) is 83.8 Å². The van der Waals surface area contributed by atoms with Gasteiger partial charge in [0.25, 0.3) is 11.8 Å². The molecule has 0 unspecified atom stereocenters. The number of benzene rings is 2. The third-order valence-electron chi connectivity index (χ3n) is 4.29. The zero-order chi connectivity index (χ0) is 23.1. The lowest BCUT2D eigenvalue weighted by atomic mass is 10.1. The molecule has 8 heteroatoms. The molecule has 8 nitrogen and oxygen atoms in total. The molecule has 0 atom stereocenters. The van der Waals surface area contributed by atoms with Gasteiger partial charge in [0.15, 0.2) is 5.76 Å². The number of carbonyl (C=O) groups is 3. The maximum atomic E-state index is 12.5. The molecule has 166 valence electrons. The fourth-order valence-electron chi connectivity index (χ4n) is 2.91. The van der Waals surface area contributed by atoms with E-state index in [2.05, 4.69) is 21.3 Å². The van der Waals surface area contributed by atoms with Crippen LogP contribution >= 0.6 is 0 Å². The van der Waals surface area contributed by atoms with Crippen molar-refractivity contribution in [2.24, 2.45) is 0 Å². The number of carbonyl (C=O) groups excluding carboxylic acids is 3. The molecule has 0 aliphatic rings. The van der Waals surface area contributed by atoms with Crippen LogP contribution < -0.4 is 21.3 Å². The summed E-state index contributed by atoms with van der Waals surface area (Å²) in [5.74, 6) is -0.418. The molecule has 0 spiro atoms. The minimum Gasteiger partial charge on any atom is -0.459 e. The number of amides is 4. The fraction of sp³-hybridized carbons (Fsp3) is 0.208. The van der Waals surface area contributed by atoms with Gasteiger partial charge in [-0.3, -0.25) is 9.59 Å². The molecule has 0 fully saturated rings. The molecule has 0 radical (unpaired) electrons. The van der Waals surface area contributed by atoms with Crippen molar-refractivity contribution in [3.8, 4) is 0 Å². The molecule has 4 N–H and O–H groups in total. The Morgan fingerprint density at radius 2 is 1.66 bits per heavy atom. The van der Waals surface area contributed by atoms with Gasteiger partial charge in [0.1, 0.15) is 0 Å². The van der Waals surface area contributed by atoms with Gasteiger partial charge in [-0.2, -0.15) is 0 Å². The number of hydrogen-bond acceptors (Lipinski definition) is 4. The molecule has 1 heterocycles. The van der Waals surface area contributed by atoms with E-state index >= 15 is 0 Å². The summed E-state index contributed by atoms with van der Waals surface area (Å²) >= 11 is 0. The number of hydrogen-bond donors (Lipinski definition) is 4. The molecular weight excluding hydrogens is 408 g/mol. The summed E-state index contributed by atoms with van der Waals surface area (Å²) in [5.41, 5.74) is 1.75. The molecule has 4 amide bonds. The molecule has 0 aliphatic heterocycles. The highest BCUT2D eigenvalue weighted by molar-refractivity contribution is 6.04. The van der Waals surface area contributed by atoms with Crippen molar-refractivity contribution in [1.82, 2.24) is 10.6 Å². The van der Waals surface area contributed by atoms with E-state index in [0.29, 0.717) is 16.9 Å². The molecule has 0 aliphatic carbocycles. The fourth-order valence-corrected chi connectivity index (χ4v) is 2.91. The van der Waals surface area contributed by atoms with Gasteiger partial charge >= 0.3 is 6.03 Å². The Bertz CT molecular complexity index is 1100. The first kappa shape index (κ1) is 22.6. The highest BCUT2D eigenvalue weighted by atomic mass is 16.3. The molecule has 32 heavy (non-hydrogen) atoms. The van der Waals surface area contributed by atoms with Crippen LogP contribution in [0.25, 0.3) is 0 Å². The number of nitrogens with one attached hydrogen (secondary N) is 4. The summed E-state index contributed by atoms with van der Waals surface area (Å²) in [5, 5.41) is 11.1. The normalized spacial score (nSPS) is 10.8. The monoisotopic (exact) mass is 434 g/mol. The van der Waals surface area contributed by atoms with E-state index in [1.807, 2.05) is 26.8 Å². The third-order valence-corrected chi connectivity index (χ3v) is 4.29. The molecule has 2 aromatic carbocycles. The van der Waals surface area contributed by atoms with Crippen LogP contribution in [0.15, 0.2) is 71.3 Å². The van der Waals surface area contributed by atoms with Crippen molar-refractivity contribution < 1.29 is 18.8 Å². The van der Waals surface area contributed by atoms with Gasteiger partial charge in [0.2, 0.25) is 0 Å². The Labute approximate surface area is 186 Å². The summed E-state index contributed by atoms with van der Waals surface area (Å²) in [6.45, 7) is 5.89. The lowest BCUT2D eigenvalue weighted by molar-refractivity contribution is 0.0919. The smallest absolute Gasteiger partial charge is 0.319 e. The van der Waals surface area contributed by atoms with E-state index in [-0.39, 0.29) is 24.1 Å². The van der Waals surface area contributed by atoms with Crippen LogP contribution in [0.3, 0.4) is 0 Å². The Morgan fingerprint density at radius 1 is 0.875 bits per heavy atom. The topological polar surface area (TPSA) is 112 Å². The van der Waals surface area contributed by atoms with E-state index in [9.17, 15) is 14.4 Å². The molecule has 3 rings (SSSR count). The summed E-state index contributed by atoms with van der Waals surface area (Å²) in [7, 11) is 0. The van der Waals surface area contributed by atoms with Gasteiger partial charge in [0, 0.05) is 17.8 Å². The number of para-hydroxylation sites is 1. The van der Waals surface area contributed by atoms with Crippen molar-refractivity contribution in [2.75, 3.05) is 10.6 Å². The highest BCUT2D eigenvalue weighted by Gasteiger charge is 2.18. The molecule has 0 saturated carbocycles. The van der Waals surface area contributed by atoms with Crippen LogP contribution in [0.2, 0.25) is 0 Å². The Balaban J connectivity index is 1.59. The minimum absolute atomic E-state index is 0.210. The third kappa shape index (κ3) is 6.46. The number of anilines is 2. The summed E-state index contributed by atoms with van der Waals surface area (Å²) in [4.78, 5) is 37.1. The largest absolute Gasteiger partial charge is 0.459 e. The SMILES string of the molecule is CC(C)(C)NC(=O)c1ccccc1NC(=O)NCc1cccc(NC(=O)c2ccco2)c1. The van der Waals surface area contributed by atoms with E-state index in [4.69, 9.17) is 4.42 Å². The molecule has 0 saturated heterocycles. The summed E-state index contributed by atoms with van der Waals surface area (Å²) in [6.07, 6.45) is 1.43. The van der Waals surface area contributed by atoms with Crippen LogP contribution in [-0.2, 0) is 6.54 Å². The number of furan rings is 1. The molecule has 0 bridgehead atoms. The van der Waals surface area contributed by atoms with Crippen molar-refractivity contribution >= 4 is 29.2 Å². The van der Waals surface area contributed by atoms with E-state index in [1.165, 1.54) is 6.26 Å². The molecule has 1 aromatic heterocycles. The zero-order valence-electron chi connectivity index (χ0n) is 18.2. The maximum Gasteiger partial charge on any atom is 0.319 e. The van der Waals surface area contributed by atoms with Crippen LogP contribution in [0, 0.1) is 0 Å². The van der Waals surface area contributed by atoms with Crippen LogP contribution in [0.5, 0.6) is 0 Å². The van der Waals surface area contributed by atoms with Gasteiger partial charge in [-0.25, -0.2) is 4.79 Å². The molecule has 3 aromatic rings. The second-order valence-corrected chi connectivity index (χ2v) is 8.19.